The summed E-state index contributed by atoms with van der Waals surface area (Å²) in [6, 6.07) is 12.6. The Hall–Kier alpha value is -1.16. The Bertz CT molecular complexity index is 537. The van der Waals surface area contributed by atoms with Crippen LogP contribution in [-0.2, 0) is 6.42 Å². The smallest absolute Gasteiger partial charge is 0.0917 e. The average Bonchev–Trinajstić information content (AvgIpc) is 2.92. The van der Waals surface area contributed by atoms with Crippen LogP contribution in [-0.4, -0.2) is 23.1 Å². The minimum absolute atomic E-state index is 0.399. The molecule has 1 aliphatic rings. The maximum absolute atomic E-state index is 10.4. The molecule has 19 heavy (non-hydrogen) atoms. The van der Waals surface area contributed by atoms with Gasteiger partial charge in [-0.2, -0.15) is 0 Å². The number of β-amino-alcohol motifs (C(OH)–C–C–N with tert-alkyl or cyclic N) is 1. The van der Waals surface area contributed by atoms with Gasteiger partial charge in [-0.3, -0.25) is 4.90 Å². The monoisotopic (exact) mass is 273 g/mol. The van der Waals surface area contributed by atoms with E-state index in [-0.39, 0.29) is 0 Å². The molecule has 3 heteroatoms. The van der Waals surface area contributed by atoms with Crippen LogP contribution in [0.5, 0.6) is 0 Å². The molecule has 2 atom stereocenters. The summed E-state index contributed by atoms with van der Waals surface area (Å²) in [5, 5.41) is 12.5. The van der Waals surface area contributed by atoms with E-state index in [0.29, 0.717) is 12.6 Å². The molecule has 2 aromatic rings. The summed E-state index contributed by atoms with van der Waals surface area (Å²) in [7, 11) is 0. The molecule has 0 radical (unpaired) electrons. The summed E-state index contributed by atoms with van der Waals surface area (Å²) < 4.78 is 0. The van der Waals surface area contributed by atoms with E-state index in [1.54, 1.807) is 0 Å². The van der Waals surface area contributed by atoms with Crippen molar-refractivity contribution in [3.8, 4) is 0 Å². The van der Waals surface area contributed by atoms with E-state index in [9.17, 15) is 5.11 Å². The van der Waals surface area contributed by atoms with Crippen molar-refractivity contribution in [1.82, 2.24) is 4.90 Å². The van der Waals surface area contributed by atoms with Crippen molar-refractivity contribution in [3.63, 3.8) is 0 Å². The van der Waals surface area contributed by atoms with Crippen LogP contribution in [0.1, 0.15) is 35.1 Å². The van der Waals surface area contributed by atoms with Crippen LogP contribution < -0.4 is 0 Å². The molecule has 0 fully saturated rings. The highest BCUT2D eigenvalue weighted by Gasteiger charge is 2.26. The summed E-state index contributed by atoms with van der Waals surface area (Å²) in [6.45, 7) is 3.99. The van der Waals surface area contributed by atoms with E-state index >= 15 is 0 Å². The predicted molar refractivity (Wildman–Crippen MR) is 79.4 cm³/mol. The topological polar surface area (TPSA) is 23.5 Å². The lowest BCUT2D eigenvalue weighted by Crippen LogP contribution is -2.36. The number of aliphatic hydroxyl groups is 1. The molecule has 2 heterocycles. The SMILES string of the molecule is CC1c2ccsc2CCN1CC(O)c1ccccc1. The zero-order valence-corrected chi connectivity index (χ0v) is 11.9. The van der Waals surface area contributed by atoms with Crippen molar-refractivity contribution in [2.75, 3.05) is 13.1 Å². The molecule has 0 saturated heterocycles. The number of hydrogen-bond donors (Lipinski definition) is 1. The Labute approximate surface area is 118 Å². The normalized spacial score (nSPS) is 21.1. The Morgan fingerprint density at radius 2 is 2.11 bits per heavy atom. The van der Waals surface area contributed by atoms with Crippen molar-refractivity contribution in [1.29, 1.82) is 0 Å². The number of hydrogen-bond acceptors (Lipinski definition) is 3. The number of nitrogens with zero attached hydrogens (tertiary/aromatic N) is 1. The summed E-state index contributed by atoms with van der Waals surface area (Å²) in [4.78, 5) is 3.89. The van der Waals surface area contributed by atoms with E-state index in [1.165, 1.54) is 10.4 Å². The van der Waals surface area contributed by atoms with Crippen LogP contribution in [0.4, 0.5) is 0 Å². The maximum atomic E-state index is 10.4. The molecule has 0 aliphatic carbocycles. The fourth-order valence-corrected chi connectivity index (χ4v) is 3.78. The molecule has 1 aliphatic heterocycles. The highest BCUT2D eigenvalue weighted by Crippen LogP contribution is 2.33. The lowest BCUT2D eigenvalue weighted by Gasteiger charge is -2.35. The zero-order chi connectivity index (χ0) is 13.2. The fourth-order valence-electron chi connectivity index (χ4n) is 2.81. The lowest BCUT2D eigenvalue weighted by atomic mass is 10.00. The minimum Gasteiger partial charge on any atom is -0.387 e. The van der Waals surface area contributed by atoms with Crippen LogP contribution in [0, 0.1) is 0 Å². The fraction of sp³-hybridized carbons (Fsp3) is 0.375. The third kappa shape index (κ3) is 2.59. The first kappa shape index (κ1) is 12.9. The number of aliphatic hydroxyl groups excluding tert-OH is 1. The third-order valence-electron chi connectivity index (χ3n) is 4.00. The third-order valence-corrected chi connectivity index (χ3v) is 4.99. The molecule has 0 spiro atoms. The van der Waals surface area contributed by atoms with Gasteiger partial charge in [0.25, 0.3) is 0 Å². The molecule has 1 N–H and O–H groups in total. The molecular weight excluding hydrogens is 254 g/mol. The number of thiophene rings is 1. The quantitative estimate of drug-likeness (QED) is 0.926. The standard InChI is InChI=1S/C16H19NOS/c1-12-14-8-10-19-16(14)7-9-17(12)11-15(18)13-5-3-2-4-6-13/h2-6,8,10,12,15,18H,7,9,11H2,1H3. The van der Waals surface area contributed by atoms with Gasteiger partial charge in [0.05, 0.1) is 6.10 Å². The van der Waals surface area contributed by atoms with Gasteiger partial charge in [-0.1, -0.05) is 30.3 Å². The molecule has 0 saturated carbocycles. The Morgan fingerprint density at radius 3 is 2.89 bits per heavy atom. The maximum Gasteiger partial charge on any atom is 0.0917 e. The molecule has 1 aromatic heterocycles. The highest BCUT2D eigenvalue weighted by atomic mass is 32.1. The zero-order valence-electron chi connectivity index (χ0n) is 11.1. The molecule has 100 valence electrons. The van der Waals surface area contributed by atoms with Crippen molar-refractivity contribution < 1.29 is 5.11 Å². The highest BCUT2D eigenvalue weighted by molar-refractivity contribution is 7.10. The van der Waals surface area contributed by atoms with Crippen molar-refractivity contribution in [2.45, 2.75) is 25.5 Å². The predicted octanol–water partition coefficient (Wildman–Crippen LogP) is 3.40. The van der Waals surface area contributed by atoms with Crippen LogP contribution in [0.3, 0.4) is 0 Å². The molecular formula is C16H19NOS. The van der Waals surface area contributed by atoms with Gasteiger partial charge in [0, 0.05) is 24.0 Å². The first-order valence-electron chi connectivity index (χ1n) is 6.79. The summed E-state index contributed by atoms with van der Waals surface area (Å²) >= 11 is 1.86. The molecule has 1 aromatic carbocycles. The van der Waals surface area contributed by atoms with Gasteiger partial charge in [-0.15, -0.1) is 11.3 Å². The molecule has 2 unspecified atom stereocenters. The van der Waals surface area contributed by atoms with E-state index in [0.717, 1.165) is 18.5 Å². The molecule has 2 nitrogen and oxygen atoms in total. The largest absolute Gasteiger partial charge is 0.387 e. The second-order valence-corrected chi connectivity index (χ2v) is 6.15. The van der Waals surface area contributed by atoms with Gasteiger partial charge in [-0.05, 0) is 35.9 Å². The number of fused-ring (bicyclic) bond motifs is 1. The first-order chi connectivity index (χ1) is 9.25. The van der Waals surface area contributed by atoms with Gasteiger partial charge in [-0.25, -0.2) is 0 Å². The Kier molecular flexibility index (Phi) is 3.69. The van der Waals surface area contributed by atoms with Gasteiger partial charge in [0.15, 0.2) is 0 Å². The van der Waals surface area contributed by atoms with Crippen LogP contribution in [0.25, 0.3) is 0 Å². The van der Waals surface area contributed by atoms with Crippen molar-refractivity contribution in [2.24, 2.45) is 0 Å². The van der Waals surface area contributed by atoms with E-state index in [2.05, 4.69) is 23.3 Å². The second-order valence-electron chi connectivity index (χ2n) is 5.15. The van der Waals surface area contributed by atoms with Crippen molar-refractivity contribution >= 4 is 11.3 Å². The van der Waals surface area contributed by atoms with Crippen LogP contribution >= 0.6 is 11.3 Å². The van der Waals surface area contributed by atoms with Crippen LogP contribution in [0.15, 0.2) is 41.8 Å². The van der Waals surface area contributed by atoms with Gasteiger partial charge >= 0.3 is 0 Å². The van der Waals surface area contributed by atoms with E-state index < -0.39 is 6.10 Å². The van der Waals surface area contributed by atoms with E-state index in [4.69, 9.17) is 0 Å². The Morgan fingerprint density at radius 1 is 1.32 bits per heavy atom. The van der Waals surface area contributed by atoms with Crippen LogP contribution in [0.2, 0.25) is 0 Å². The molecule has 3 rings (SSSR count). The second kappa shape index (κ2) is 5.45. The summed E-state index contributed by atoms with van der Waals surface area (Å²) in [6.07, 6.45) is 0.711. The lowest BCUT2D eigenvalue weighted by molar-refractivity contribution is 0.0871. The average molecular weight is 273 g/mol. The molecule has 0 bridgehead atoms. The Balaban J connectivity index is 1.71. The first-order valence-corrected chi connectivity index (χ1v) is 7.67. The number of rotatable bonds is 3. The van der Waals surface area contributed by atoms with Gasteiger partial charge < -0.3 is 5.11 Å². The minimum atomic E-state index is -0.399. The van der Waals surface area contributed by atoms with E-state index in [1.807, 2.05) is 41.7 Å². The molecule has 0 amide bonds. The summed E-state index contributed by atoms with van der Waals surface area (Å²) in [5.41, 5.74) is 2.45. The van der Waals surface area contributed by atoms with Crippen molar-refractivity contribution in [3.05, 3.63) is 57.8 Å². The number of benzene rings is 1. The van der Waals surface area contributed by atoms with Gasteiger partial charge in [0.2, 0.25) is 0 Å². The summed E-state index contributed by atoms with van der Waals surface area (Å²) in [5.74, 6) is 0. The van der Waals surface area contributed by atoms with Gasteiger partial charge in [0.1, 0.15) is 0 Å².